The maximum Gasteiger partial charge on any atom is 0.323 e. The third-order valence-electron chi connectivity index (χ3n) is 2.18. The standard InChI is InChI=1S/C12H11N5O2/c13-4-1-2-8-3-5-14-10(6-8)17-11(18)9-7-15-12(19)16-9/h3,5-7H,4,13H2,(H,14,17,18)(H2,15,16,19). The molecule has 0 aromatic carbocycles. The molecule has 0 bridgehead atoms. The number of nitrogens with two attached hydrogens (primary N) is 1. The predicted octanol–water partition coefficient (Wildman–Crippen LogP) is -0.340. The van der Waals surface area contributed by atoms with Crippen molar-refractivity contribution >= 4 is 11.7 Å². The molecular weight excluding hydrogens is 246 g/mol. The van der Waals surface area contributed by atoms with Gasteiger partial charge in [-0.2, -0.15) is 0 Å². The van der Waals surface area contributed by atoms with Gasteiger partial charge >= 0.3 is 5.69 Å². The lowest BCUT2D eigenvalue weighted by atomic mass is 10.2. The van der Waals surface area contributed by atoms with Crippen LogP contribution in [0.1, 0.15) is 16.1 Å². The summed E-state index contributed by atoms with van der Waals surface area (Å²) in [6, 6.07) is 3.32. The van der Waals surface area contributed by atoms with Crippen molar-refractivity contribution in [1.82, 2.24) is 15.0 Å². The summed E-state index contributed by atoms with van der Waals surface area (Å²) in [5.74, 6) is 5.42. The van der Waals surface area contributed by atoms with Gasteiger partial charge in [0.25, 0.3) is 5.91 Å². The van der Waals surface area contributed by atoms with Gasteiger partial charge in [-0.1, -0.05) is 11.8 Å². The third kappa shape index (κ3) is 3.31. The number of hydrogen-bond acceptors (Lipinski definition) is 4. The topological polar surface area (TPSA) is 117 Å². The number of amides is 1. The summed E-state index contributed by atoms with van der Waals surface area (Å²) >= 11 is 0. The summed E-state index contributed by atoms with van der Waals surface area (Å²) in [4.78, 5) is 31.3. The van der Waals surface area contributed by atoms with Crippen molar-refractivity contribution in [3.63, 3.8) is 0 Å². The zero-order chi connectivity index (χ0) is 13.7. The molecule has 0 spiro atoms. The summed E-state index contributed by atoms with van der Waals surface area (Å²) in [5.41, 5.74) is 5.66. The smallest absolute Gasteiger partial charge is 0.320 e. The Morgan fingerprint density at radius 3 is 3.05 bits per heavy atom. The number of nitrogens with zero attached hydrogens (tertiary/aromatic N) is 1. The highest BCUT2D eigenvalue weighted by Gasteiger charge is 2.08. The van der Waals surface area contributed by atoms with E-state index in [1.54, 1.807) is 12.1 Å². The average Bonchev–Trinajstić information content (AvgIpc) is 2.83. The number of aromatic nitrogens is 3. The van der Waals surface area contributed by atoms with Gasteiger partial charge in [0.05, 0.1) is 6.54 Å². The fourth-order valence-electron chi connectivity index (χ4n) is 1.37. The van der Waals surface area contributed by atoms with Crippen LogP contribution in [0.3, 0.4) is 0 Å². The Bertz CT molecular complexity index is 704. The van der Waals surface area contributed by atoms with E-state index >= 15 is 0 Å². The Hall–Kier alpha value is -2.85. The van der Waals surface area contributed by atoms with E-state index in [0.29, 0.717) is 11.4 Å². The molecule has 0 aliphatic rings. The number of carbonyl (C=O) groups excluding carboxylic acids is 1. The zero-order valence-electron chi connectivity index (χ0n) is 9.86. The first kappa shape index (κ1) is 12.6. The molecular formula is C12H11N5O2. The molecule has 0 atom stereocenters. The monoisotopic (exact) mass is 257 g/mol. The summed E-state index contributed by atoms with van der Waals surface area (Å²) in [7, 11) is 0. The number of hydrogen-bond donors (Lipinski definition) is 4. The second kappa shape index (κ2) is 5.66. The average molecular weight is 257 g/mol. The fourth-order valence-corrected chi connectivity index (χ4v) is 1.37. The van der Waals surface area contributed by atoms with E-state index in [4.69, 9.17) is 5.73 Å². The minimum Gasteiger partial charge on any atom is -0.320 e. The Labute approximate surface area is 108 Å². The summed E-state index contributed by atoms with van der Waals surface area (Å²) in [6.45, 7) is 0.259. The van der Waals surface area contributed by atoms with Crippen LogP contribution in [0.4, 0.5) is 5.82 Å². The molecule has 0 aliphatic carbocycles. The number of nitrogens with one attached hydrogen (secondary N) is 3. The van der Waals surface area contributed by atoms with E-state index in [-0.39, 0.29) is 12.2 Å². The molecule has 2 rings (SSSR count). The highest BCUT2D eigenvalue weighted by atomic mass is 16.2. The third-order valence-corrected chi connectivity index (χ3v) is 2.18. The molecule has 7 heteroatoms. The highest BCUT2D eigenvalue weighted by Crippen LogP contribution is 2.06. The molecule has 0 fully saturated rings. The van der Waals surface area contributed by atoms with Gasteiger partial charge in [-0.05, 0) is 12.1 Å². The fraction of sp³-hybridized carbons (Fsp3) is 0.0833. The van der Waals surface area contributed by atoms with Gasteiger partial charge in [0.1, 0.15) is 11.5 Å². The van der Waals surface area contributed by atoms with Crippen LogP contribution in [0, 0.1) is 11.8 Å². The van der Waals surface area contributed by atoms with Gasteiger partial charge in [-0.25, -0.2) is 9.78 Å². The van der Waals surface area contributed by atoms with Gasteiger partial charge in [-0.15, -0.1) is 0 Å². The maximum atomic E-state index is 11.8. The van der Waals surface area contributed by atoms with Gasteiger partial charge in [0.15, 0.2) is 0 Å². The van der Waals surface area contributed by atoms with Gasteiger partial charge in [-0.3, -0.25) is 4.79 Å². The lowest BCUT2D eigenvalue weighted by molar-refractivity contribution is 0.102. The van der Waals surface area contributed by atoms with Gasteiger partial charge in [0.2, 0.25) is 0 Å². The van der Waals surface area contributed by atoms with E-state index in [0.717, 1.165) is 0 Å². The number of aromatic amines is 2. The molecule has 2 heterocycles. The van der Waals surface area contributed by atoms with Crippen LogP contribution >= 0.6 is 0 Å². The lowest BCUT2D eigenvalue weighted by Gasteiger charge is -2.02. The molecule has 0 saturated carbocycles. The van der Waals surface area contributed by atoms with Gasteiger partial charge in [0, 0.05) is 18.0 Å². The Morgan fingerprint density at radius 2 is 2.37 bits per heavy atom. The molecule has 96 valence electrons. The molecule has 2 aromatic heterocycles. The number of pyridine rings is 1. The van der Waals surface area contributed by atoms with Crippen molar-refractivity contribution in [2.75, 3.05) is 11.9 Å². The maximum absolute atomic E-state index is 11.8. The highest BCUT2D eigenvalue weighted by molar-refractivity contribution is 6.02. The molecule has 1 amide bonds. The normalized spacial score (nSPS) is 9.53. The molecule has 7 nitrogen and oxygen atoms in total. The van der Waals surface area contributed by atoms with E-state index in [9.17, 15) is 9.59 Å². The van der Waals surface area contributed by atoms with E-state index in [1.165, 1.54) is 12.4 Å². The molecule has 0 radical (unpaired) electrons. The Morgan fingerprint density at radius 1 is 1.53 bits per heavy atom. The van der Waals surface area contributed by atoms with E-state index in [2.05, 4.69) is 32.1 Å². The van der Waals surface area contributed by atoms with Crippen molar-refractivity contribution < 1.29 is 4.79 Å². The molecule has 19 heavy (non-hydrogen) atoms. The number of anilines is 1. The minimum atomic E-state index is -0.463. The minimum absolute atomic E-state index is 0.130. The largest absolute Gasteiger partial charge is 0.323 e. The molecule has 0 aliphatic heterocycles. The molecule has 0 unspecified atom stereocenters. The summed E-state index contributed by atoms with van der Waals surface area (Å²) in [5, 5.41) is 2.55. The lowest BCUT2D eigenvalue weighted by Crippen LogP contribution is -2.14. The first-order valence-corrected chi connectivity index (χ1v) is 5.43. The van der Waals surface area contributed by atoms with Gasteiger partial charge < -0.3 is 21.0 Å². The van der Waals surface area contributed by atoms with Crippen molar-refractivity contribution in [3.05, 3.63) is 46.3 Å². The SMILES string of the molecule is NCC#Cc1ccnc(NC(=O)c2c[nH]c(=O)[nH]2)c1. The van der Waals surface area contributed by atoms with Crippen LogP contribution in [-0.4, -0.2) is 27.4 Å². The Balaban J connectivity index is 2.15. The van der Waals surface area contributed by atoms with Crippen LogP contribution in [0.25, 0.3) is 0 Å². The van der Waals surface area contributed by atoms with Crippen LogP contribution in [0.5, 0.6) is 0 Å². The zero-order valence-corrected chi connectivity index (χ0v) is 9.86. The second-order valence-electron chi connectivity index (χ2n) is 3.55. The number of rotatable bonds is 2. The number of imidazole rings is 1. The van der Waals surface area contributed by atoms with Crippen LogP contribution < -0.4 is 16.7 Å². The number of H-pyrrole nitrogens is 2. The first-order valence-electron chi connectivity index (χ1n) is 5.43. The quantitative estimate of drug-likeness (QED) is 0.550. The van der Waals surface area contributed by atoms with Crippen molar-refractivity contribution in [2.24, 2.45) is 5.73 Å². The van der Waals surface area contributed by atoms with E-state index < -0.39 is 11.6 Å². The first-order chi connectivity index (χ1) is 9.19. The van der Waals surface area contributed by atoms with Crippen molar-refractivity contribution in [1.29, 1.82) is 0 Å². The number of carbonyl (C=O) groups is 1. The van der Waals surface area contributed by atoms with E-state index in [1.807, 2.05) is 0 Å². The second-order valence-corrected chi connectivity index (χ2v) is 3.55. The van der Waals surface area contributed by atoms with Crippen LogP contribution in [0.15, 0.2) is 29.3 Å². The summed E-state index contributed by atoms with van der Waals surface area (Å²) in [6.07, 6.45) is 2.81. The Kier molecular flexibility index (Phi) is 3.75. The molecule has 2 aromatic rings. The van der Waals surface area contributed by atoms with Crippen molar-refractivity contribution in [3.8, 4) is 11.8 Å². The summed E-state index contributed by atoms with van der Waals surface area (Å²) < 4.78 is 0. The molecule has 5 N–H and O–H groups in total. The van der Waals surface area contributed by atoms with Crippen LogP contribution in [-0.2, 0) is 0 Å². The van der Waals surface area contributed by atoms with Crippen molar-refractivity contribution in [2.45, 2.75) is 0 Å². The molecule has 0 saturated heterocycles. The predicted molar refractivity (Wildman–Crippen MR) is 69.5 cm³/mol. The van der Waals surface area contributed by atoms with Crippen LogP contribution in [0.2, 0.25) is 0 Å².